The van der Waals surface area contributed by atoms with E-state index in [1.54, 1.807) is 19.0 Å². The van der Waals surface area contributed by atoms with Crippen LogP contribution in [0.2, 0.25) is 0 Å². The fraction of sp³-hybridized carbons (Fsp3) is 0.421. The van der Waals surface area contributed by atoms with E-state index in [9.17, 15) is 4.79 Å². The molecule has 2 aromatic rings. The molecule has 3 N–H and O–H groups in total. The molecule has 0 saturated carbocycles. The average molecular weight is 363 g/mol. The molecule has 2 atom stereocenters. The molecule has 0 unspecified atom stereocenters. The Morgan fingerprint density at radius 2 is 1.92 bits per heavy atom. The molecular formula is C19H27ClN4O. The standard InChI is InChI=1S/C19H26N4O.ClH/c1-22(2)19(24)18-9-8-16(21-18)12-23-11-15(10-20)17(13-23)14-6-4-3-5-7-14;/h3-9,15,17,21H,10-13,20H2,1-2H3;1H/t15-,17+;/m1./s1. The summed E-state index contributed by atoms with van der Waals surface area (Å²) >= 11 is 0. The molecule has 1 amide bonds. The number of benzene rings is 1. The van der Waals surface area contributed by atoms with E-state index < -0.39 is 0 Å². The number of nitrogens with zero attached hydrogens (tertiary/aromatic N) is 2. The summed E-state index contributed by atoms with van der Waals surface area (Å²) in [5.41, 5.74) is 9.09. The first-order valence-electron chi connectivity index (χ1n) is 8.45. The van der Waals surface area contributed by atoms with Gasteiger partial charge < -0.3 is 15.6 Å². The molecule has 1 aromatic carbocycles. The third-order valence-corrected chi connectivity index (χ3v) is 4.82. The second-order valence-electron chi connectivity index (χ2n) is 6.80. The fourth-order valence-electron chi connectivity index (χ4n) is 3.55. The van der Waals surface area contributed by atoms with E-state index >= 15 is 0 Å². The lowest BCUT2D eigenvalue weighted by molar-refractivity contribution is 0.0822. The number of amides is 1. The van der Waals surface area contributed by atoms with Crippen molar-refractivity contribution in [3.63, 3.8) is 0 Å². The number of hydrogen-bond donors (Lipinski definition) is 2. The number of carbonyl (C=O) groups is 1. The van der Waals surface area contributed by atoms with Crippen molar-refractivity contribution in [1.82, 2.24) is 14.8 Å². The van der Waals surface area contributed by atoms with Crippen LogP contribution in [0.25, 0.3) is 0 Å². The number of likely N-dealkylation sites (tertiary alicyclic amines) is 1. The minimum Gasteiger partial charge on any atom is -0.353 e. The average Bonchev–Trinajstić information content (AvgIpc) is 3.22. The zero-order chi connectivity index (χ0) is 17.1. The highest BCUT2D eigenvalue weighted by Gasteiger charge is 2.32. The van der Waals surface area contributed by atoms with E-state index in [1.807, 2.05) is 12.1 Å². The van der Waals surface area contributed by atoms with Crippen LogP contribution in [-0.4, -0.2) is 54.4 Å². The summed E-state index contributed by atoms with van der Waals surface area (Å²) in [7, 11) is 3.53. The zero-order valence-electron chi connectivity index (χ0n) is 14.8. The van der Waals surface area contributed by atoms with Crippen LogP contribution in [0.15, 0.2) is 42.5 Å². The normalized spacial score (nSPS) is 20.3. The lowest BCUT2D eigenvalue weighted by Gasteiger charge is -2.16. The van der Waals surface area contributed by atoms with E-state index in [2.05, 4.69) is 40.2 Å². The van der Waals surface area contributed by atoms with Gasteiger partial charge in [-0.05, 0) is 30.2 Å². The highest BCUT2D eigenvalue weighted by Crippen LogP contribution is 2.32. The molecular weight excluding hydrogens is 336 g/mol. The van der Waals surface area contributed by atoms with Gasteiger partial charge in [0.15, 0.2) is 0 Å². The third kappa shape index (κ3) is 4.42. The summed E-state index contributed by atoms with van der Waals surface area (Å²) in [5.74, 6) is 0.962. The van der Waals surface area contributed by atoms with Gasteiger partial charge in [-0.2, -0.15) is 0 Å². The van der Waals surface area contributed by atoms with Crippen molar-refractivity contribution in [3.8, 4) is 0 Å². The lowest BCUT2D eigenvalue weighted by Crippen LogP contribution is -2.24. The molecule has 5 nitrogen and oxygen atoms in total. The molecule has 6 heteroatoms. The number of halogens is 1. The van der Waals surface area contributed by atoms with Crippen molar-refractivity contribution in [2.75, 3.05) is 33.7 Å². The monoisotopic (exact) mass is 362 g/mol. The number of rotatable bonds is 5. The predicted molar refractivity (Wildman–Crippen MR) is 103 cm³/mol. The van der Waals surface area contributed by atoms with Crippen LogP contribution in [0.5, 0.6) is 0 Å². The second-order valence-corrected chi connectivity index (χ2v) is 6.80. The van der Waals surface area contributed by atoms with Crippen molar-refractivity contribution in [3.05, 3.63) is 59.4 Å². The summed E-state index contributed by atoms with van der Waals surface area (Å²) in [6, 6.07) is 14.5. The summed E-state index contributed by atoms with van der Waals surface area (Å²) in [6.45, 7) is 3.51. The predicted octanol–water partition coefficient (Wildman–Crippen LogP) is 2.31. The number of hydrogen-bond acceptors (Lipinski definition) is 3. The van der Waals surface area contributed by atoms with Crippen molar-refractivity contribution >= 4 is 18.3 Å². The van der Waals surface area contributed by atoms with Crippen molar-refractivity contribution in [2.24, 2.45) is 11.7 Å². The molecule has 0 bridgehead atoms. The van der Waals surface area contributed by atoms with Crippen LogP contribution in [0.1, 0.15) is 27.7 Å². The number of carbonyl (C=O) groups excluding carboxylic acids is 1. The van der Waals surface area contributed by atoms with E-state index in [4.69, 9.17) is 5.73 Å². The van der Waals surface area contributed by atoms with Gasteiger partial charge in [0.05, 0.1) is 0 Å². The Bertz CT molecular complexity index is 686. The number of nitrogens with two attached hydrogens (primary N) is 1. The molecule has 1 aromatic heterocycles. The molecule has 0 aliphatic carbocycles. The number of aromatic nitrogens is 1. The summed E-state index contributed by atoms with van der Waals surface area (Å²) < 4.78 is 0. The highest BCUT2D eigenvalue weighted by molar-refractivity contribution is 5.92. The Balaban J connectivity index is 0.00000225. The maximum Gasteiger partial charge on any atom is 0.269 e. The second kappa shape index (κ2) is 8.52. The SMILES string of the molecule is CN(C)C(=O)c1ccc(CN2C[C@@H](CN)[C@H](c3ccccc3)C2)[nH]1.Cl. The minimum atomic E-state index is 0. The maximum atomic E-state index is 12.0. The van der Waals surface area contributed by atoms with Crippen LogP contribution in [-0.2, 0) is 6.54 Å². The Labute approximate surface area is 155 Å². The van der Waals surface area contributed by atoms with Gasteiger partial charge in [-0.25, -0.2) is 0 Å². The zero-order valence-corrected chi connectivity index (χ0v) is 15.6. The Morgan fingerprint density at radius 1 is 1.20 bits per heavy atom. The number of nitrogens with one attached hydrogen (secondary N) is 1. The molecule has 25 heavy (non-hydrogen) atoms. The summed E-state index contributed by atoms with van der Waals surface area (Å²) in [6.07, 6.45) is 0. The van der Waals surface area contributed by atoms with Gasteiger partial charge in [0.1, 0.15) is 5.69 Å². The Kier molecular flexibility index (Phi) is 6.64. The fourth-order valence-corrected chi connectivity index (χ4v) is 3.55. The Morgan fingerprint density at radius 3 is 2.56 bits per heavy atom. The van der Waals surface area contributed by atoms with Gasteiger partial charge in [0.2, 0.25) is 0 Å². The number of H-pyrrole nitrogens is 1. The van der Waals surface area contributed by atoms with Gasteiger partial charge in [-0.15, -0.1) is 12.4 Å². The summed E-state index contributed by atoms with van der Waals surface area (Å²) in [5, 5.41) is 0. The lowest BCUT2D eigenvalue weighted by atomic mass is 9.89. The minimum absolute atomic E-state index is 0. The first-order chi connectivity index (χ1) is 11.6. The van der Waals surface area contributed by atoms with Crippen molar-refractivity contribution in [2.45, 2.75) is 12.5 Å². The molecule has 0 radical (unpaired) electrons. The molecule has 1 saturated heterocycles. The third-order valence-electron chi connectivity index (χ3n) is 4.82. The largest absolute Gasteiger partial charge is 0.353 e. The number of aromatic amines is 1. The first-order valence-corrected chi connectivity index (χ1v) is 8.45. The van der Waals surface area contributed by atoms with Crippen LogP contribution in [0.4, 0.5) is 0 Å². The smallest absolute Gasteiger partial charge is 0.269 e. The van der Waals surface area contributed by atoms with Crippen LogP contribution in [0, 0.1) is 5.92 Å². The van der Waals surface area contributed by atoms with E-state index in [0.717, 1.165) is 25.3 Å². The van der Waals surface area contributed by atoms with Gasteiger partial charge in [-0.1, -0.05) is 30.3 Å². The van der Waals surface area contributed by atoms with E-state index in [1.165, 1.54) is 5.56 Å². The van der Waals surface area contributed by atoms with Crippen LogP contribution in [0.3, 0.4) is 0 Å². The molecule has 0 spiro atoms. The maximum absolute atomic E-state index is 12.0. The van der Waals surface area contributed by atoms with E-state index in [0.29, 0.717) is 24.1 Å². The van der Waals surface area contributed by atoms with Gasteiger partial charge in [0.25, 0.3) is 5.91 Å². The van der Waals surface area contributed by atoms with Gasteiger partial charge in [0, 0.05) is 45.3 Å². The Hall–Kier alpha value is -1.82. The molecule has 1 fully saturated rings. The molecule has 1 aliphatic heterocycles. The molecule has 136 valence electrons. The summed E-state index contributed by atoms with van der Waals surface area (Å²) in [4.78, 5) is 19.2. The molecule has 2 heterocycles. The highest BCUT2D eigenvalue weighted by atomic mass is 35.5. The van der Waals surface area contributed by atoms with Crippen molar-refractivity contribution in [1.29, 1.82) is 0 Å². The molecule has 3 rings (SSSR count). The van der Waals surface area contributed by atoms with E-state index in [-0.39, 0.29) is 18.3 Å². The van der Waals surface area contributed by atoms with Crippen LogP contribution < -0.4 is 5.73 Å². The van der Waals surface area contributed by atoms with Gasteiger partial charge in [-0.3, -0.25) is 9.69 Å². The topological polar surface area (TPSA) is 65.4 Å². The molecule has 1 aliphatic rings. The quantitative estimate of drug-likeness (QED) is 0.857. The van der Waals surface area contributed by atoms with Crippen molar-refractivity contribution < 1.29 is 4.79 Å². The van der Waals surface area contributed by atoms with Crippen LogP contribution >= 0.6 is 12.4 Å². The van der Waals surface area contributed by atoms with Gasteiger partial charge >= 0.3 is 0 Å². The first kappa shape index (κ1) is 19.5.